The van der Waals surface area contributed by atoms with Gasteiger partial charge in [0.25, 0.3) is 0 Å². The van der Waals surface area contributed by atoms with Gasteiger partial charge in [-0.1, -0.05) is 11.6 Å². The minimum atomic E-state index is -3.38. The molecule has 0 unspecified atom stereocenters. The molecule has 0 N–H and O–H groups in total. The highest BCUT2D eigenvalue weighted by Gasteiger charge is 2.25. The topological polar surface area (TPSA) is 97.8 Å². The lowest BCUT2D eigenvalue weighted by atomic mass is 9.99. The molecule has 0 fully saturated rings. The highest BCUT2D eigenvalue weighted by atomic mass is 35.5. The van der Waals surface area contributed by atoms with Crippen molar-refractivity contribution in [1.29, 1.82) is 0 Å². The van der Waals surface area contributed by atoms with Gasteiger partial charge in [-0.25, -0.2) is 8.42 Å². The van der Waals surface area contributed by atoms with Crippen molar-refractivity contribution in [1.82, 2.24) is 0 Å². The van der Waals surface area contributed by atoms with Crippen LogP contribution in [-0.4, -0.2) is 45.4 Å². The van der Waals surface area contributed by atoms with E-state index in [1.54, 1.807) is 24.3 Å². The lowest BCUT2D eigenvalue weighted by Gasteiger charge is -2.29. The van der Waals surface area contributed by atoms with E-state index in [0.717, 1.165) is 23.2 Å². The van der Waals surface area contributed by atoms with E-state index in [2.05, 4.69) is 0 Å². The number of aryl methyl sites for hydroxylation is 1. The Morgan fingerprint density at radius 2 is 1.90 bits per heavy atom. The van der Waals surface area contributed by atoms with Crippen LogP contribution in [0, 0.1) is 0 Å². The maximum Gasteiger partial charge on any atom is 0.306 e. The average Bonchev–Trinajstić information content (AvgIpc) is 3.15. The number of hydrogen-bond donors (Lipinski definition) is 0. The number of benzene rings is 1. The summed E-state index contributed by atoms with van der Waals surface area (Å²) in [5.74, 6) is -1.24. The van der Waals surface area contributed by atoms with Gasteiger partial charge >= 0.3 is 5.97 Å². The molecule has 0 saturated carbocycles. The summed E-state index contributed by atoms with van der Waals surface area (Å²) in [6, 6.07) is 8.00. The minimum absolute atomic E-state index is 0.0238. The van der Waals surface area contributed by atoms with E-state index in [0.29, 0.717) is 39.9 Å². The molecule has 0 saturated heterocycles. The SMILES string of the molecule is CS(=O)(=O)N1CCCc2cc(C(=O)COC(=O)CCC(=O)c3ccc(Cl)s3)ccc21. The molecule has 0 spiro atoms. The number of carbonyl (C=O) groups is 3. The summed E-state index contributed by atoms with van der Waals surface area (Å²) in [6.07, 6.45) is 2.32. The summed E-state index contributed by atoms with van der Waals surface area (Å²) in [7, 11) is -3.38. The quantitative estimate of drug-likeness (QED) is 0.433. The molecule has 1 aromatic carbocycles. The maximum atomic E-state index is 12.4. The Morgan fingerprint density at radius 1 is 1.13 bits per heavy atom. The van der Waals surface area contributed by atoms with E-state index in [-0.39, 0.29) is 24.4 Å². The van der Waals surface area contributed by atoms with Gasteiger partial charge in [0.15, 0.2) is 18.2 Å². The minimum Gasteiger partial charge on any atom is -0.457 e. The molecule has 1 aliphatic rings. The first-order valence-electron chi connectivity index (χ1n) is 9.23. The number of thiophene rings is 1. The zero-order chi connectivity index (χ0) is 21.9. The zero-order valence-corrected chi connectivity index (χ0v) is 18.6. The summed E-state index contributed by atoms with van der Waals surface area (Å²) in [4.78, 5) is 36.7. The molecule has 1 aliphatic heterocycles. The Kier molecular flexibility index (Phi) is 6.95. The number of ether oxygens (including phenoxy) is 1. The molecule has 10 heteroatoms. The average molecular weight is 470 g/mol. The Labute approximate surface area is 183 Å². The molecule has 160 valence electrons. The predicted octanol–water partition coefficient (Wildman–Crippen LogP) is 3.50. The number of nitrogens with zero attached hydrogens (tertiary/aromatic N) is 1. The van der Waals surface area contributed by atoms with Gasteiger partial charge in [-0.2, -0.15) is 0 Å². The van der Waals surface area contributed by atoms with Crippen LogP contribution in [-0.2, 0) is 26.0 Å². The number of fused-ring (bicyclic) bond motifs is 1. The van der Waals surface area contributed by atoms with E-state index >= 15 is 0 Å². The van der Waals surface area contributed by atoms with Crippen molar-refractivity contribution in [2.45, 2.75) is 25.7 Å². The second kappa shape index (κ2) is 9.28. The first kappa shape index (κ1) is 22.5. The number of hydrogen-bond acceptors (Lipinski definition) is 7. The molecule has 0 radical (unpaired) electrons. The second-order valence-electron chi connectivity index (χ2n) is 6.89. The molecular formula is C20H20ClNO6S2. The van der Waals surface area contributed by atoms with Gasteiger partial charge in [0.05, 0.1) is 27.6 Å². The fraction of sp³-hybridized carbons (Fsp3) is 0.350. The highest BCUT2D eigenvalue weighted by molar-refractivity contribution is 7.92. The van der Waals surface area contributed by atoms with Crippen molar-refractivity contribution in [3.8, 4) is 0 Å². The molecule has 2 heterocycles. The van der Waals surface area contributed by atoms with Gasteiger partial charge in [-0.3, -0.25) is 18.7 Å². The number of Topliss-reactive ketones (excluding diaryl/α,β-unsaturated/α-hetero) is 2. The lowest BCUT2D eigenvalue weighted by molar-refractivity contribution is -0.142. The first-order valence-corrected chi connectivity index (χ1v) is 12.3. The third kappa shape index (κ3) is 5.47. The van der Waals surface area contributed by atoms with Gasteiger partial charge in [0.2, 0.25) is 10.0 Å². The monoisotopic (exact) mass is 469 g/mol. The Bertz CT molecular complexity index is 1090. The van der Waals surface area contributed by atoms with Crippen LogP contribution in [0.1, 0.15) is 44.9 Å². The number of ketones is 2. The molecule has 0 aliphatic carbocycles. The van der Waals surface area contributed by atoms with Crippen LogP contribution >= 0.6 is 22.9 Å². The fourth-order valence-electron chi connectivity index (χ4n) is 3.19. The van der Waals surface area contributed by atoms with Crippen molar-refractivity contribution in [2.24, 2.45) is 0 Å². The van der Waals surface area contributed by atoms with Crippen LogP contribution in [0.2, 0.25) is 4.34 Å². The van der Waals surface area contributed by atoms with Gasteiger partial charge in [-0.05, 0) is 48.7 Å². The van der Waals surface area contributed by atoms with E-state index in [1.807, 2.05) is 0 Å². The van der Waals surface area contributed by atoms with Crippen molar-refractivity contribution >= 4 is 56.2 Å². The van der Waals surface area contributed by atoms with Crippen LogP contribution in [0.15, 0.2) is 30.3 Å². The molecule has 2 aromatic rings. The highest BCUT2D eigenvalue weighted by Crippen LogP contribution is 2.30. The van der Waals surface area contributed by atoms with Crippen LogP contribution in [0.4, 0.5) is 5.69 Å². The molecule has 7 nitrogen and oxygen atoms in total. The second-order valence-corrected chi connectivity index (χ2v) is 10.5. The summed E-state index contributed by atoms with van der Waals surface area (Å²) >= 11 is 6.93. The van der Waals surface area contributed by atoms with Gasteiger partial charge in [-0.15, -0.1) is 11.3 Å². The molecule has 0 atom stereocenters. The van der Waals surface area contributed by atoms with Crippen LogP contribution in [0.3, 0.4) is 0 Å². The number of carbonyl (C=O) groups excluding carboxylic acids is 3. The largest absolute Gasteiger partial charge is 0.457 e. The van der Waals surface area contributed by atoms with Crippen molar-refractivity contribution < 1.29 is 27.5 Å². The summed E-state index contributed by atoms with van der Waals surface area (Å²) in [5, 5.41) is 0. The third-order valence-corrected chi connectivity index (χ3v) is 7.10. The van der Waals surface area contributed by atoms with Crippen molar-refractivity contribution in [3.63, 3.8) is 0 Å². The molecule has 0 bridgehead atoms. The van der Waals surface area contributed by atoms with Gasteiger partial charge in [0, 0.05) is 18.5 Å². The number of sulfonamides is 1. The van der Waals surface area contributed by atoms with E-state index in [9.17, 15) is 22.8 Å². The third-order valence-electron chi connectivity index (χ3n) is 4.65. The maximum absolute atomic E-state index is 12.4. The molecular weight excluding hydrogens is 450 g/mol. The molecule has 1 aromatic heterocycles. The van der Waals surface area contributed by atoms with E-state index in [4.69, 9.17) is 16.3 Å². The molecule has 0 amide bonds. The van der Waals surface area contributed by atoms with Crippen molar-refractivity contribution in [3.05, 3.63) is 50.7 Å². The Morgan fingerprint density at radius 3 is 2.57 bits per heavy atom. The summed E-state index contributed by atoms with van der Waals surface area (Å²) < 4.78 is 30.7. The van der Waals surface area contributed by atoms with Gasteiger partial charge < -0.3 is 4.74 Å². The normalized spacial score (nSPS) is 13.6. The number of halogens is 1. The summed E-state index contributed by atoms with van der Waals surface area (Å²) in [5.41, 5.74) is 1.69. The predicted molar refractivity (Wildman–Crippen MR) is 115 cm³/mol. The van der Waals surface area contributed by atoms with Crippen LogP contribution in [0.25, 0.3) is 0 Å². The Hall–Kier alpha value is -2.23. The number of rotatable bonds is 8. The fourth-order valence-corrected chi connectivity index (χ4v) is 5.19. The smallest absolute Gasteiger partial charge is 0.306 e. The van der Waals surface area contributed by atoms with Crippen molar-refractivity contribution in [2.75, 3.05) is 23.7 Å². The summed E-state index contributed by atoms with van der Waals surface area (Å²) in [6.45, 7) is -0.0282. The molecule has 3 rings (SSSR count). The van der Waals surface area contributed by atoms with Gasteiger partial charge in [0.1, 0.15) is 0 Å². The van der Waals surface area contributed by atoms with Crippen LogP contribution in [0.5, 0.6) is 0 Å². The number of anilines is 1. The van der Waals surface area contributed by atoms with Crippen LogP contribution < -0.4 is 4.31 Å². The lowest BCUT2D eigenvalue weighted by Crippen LogP contribution is -2.34. The zero-order valence-electron chi connectivity index (χ0n) is 16.2. The standard InChI is InChI=1S/C20H20ClNO6S2/c1-30(26,27)22-10-2-3-13-11-14(4-5-15(13)22)17(24)12-28-20(25)9-6-16(23)18-7-8-19(21)29-18/h4-5,7-8,11H,2-3,6,9-10,12H2,1H3. The van der Waals surface area contributed by atoms with E-state index < -0.39 is 22.6 Å². The molecule has 30 heavy (non-hydrogen) atoms. The number of esters is 1. The first-order chi connectivity index (χ1) is 14.1. The Balaban J connectivity index is 1.55. The van der Waals surface area contributed by atoms with E-state index in [1.165, 1.54) is 10.4 Å².